The fraction of sp³-hybridized carbons (Fsp3) is 0.176. The van der Waals surface area contributed by atoms with Crippen molar-refractivity contribution in [2.75, 3.05) is 0 Å². The molecule has 0 spiro atoms. The van der Waals surface area contributed by atoms with Gasteiger partial charge in [0, 0.05) is 5.92 Å². The molecule has 0 heteroatoms. The van der Waals surface area contributed by atoms with Gasteiger partial charge in [0.1, 0.15) is 0 Å². The van der Waals surface area contributed by atoms with Gasteiger partial charge < -0.3 is 0 Å². The van der Waals surface area contributed by atoms with Crippen LogP contribution in [0.2, 0.25) is 0 Å². The molecule has 17 heavy (non-hydrogen) atoms. The average Bonchev–Trinajstić information content (AvgIpc) is 2.97. The standard InChI is InChI=1S/C17H16/c1-2-7-14-12-17(13-8-3-4-9-13)16-11-6-5-10-15(14)16/h2-6,8,10-12,14H,1,7,9H2. The molecule has 3 rings (SSSR count). The molecule has 0 saturated carbocycles. The zero-order valence-electron chi connectivity index (χ0n) is 9.89. The summed E-state index contributed by atoms with van der Waals surface area (Å²) in [5, 5.41) is 0. The van der Waals surface area contributed by atoms with Gasteiger partial charge in [-0.2, -0.15) is 0 Å². The maximum absolute atomic E-state index is 3.86. The van der Waals surface area contributed by atoms with Crippen LogP contribution in [-0.2, 0) is 0 Å². The Morgan fingerprint density at radius 2 is 2.18 bits per heavy atom. The second-order valence-corrected chi connectivity index (χ2v) is 4.62. The van der Waals surface area contributed by atoms with Crippen LogP contribution in [0.3, 0.4) is 0 Å². The summed E-state index contributed by atoms with van der Waals surface area (Å²) in [7, 11) is 0. The van der Waals surface area contributed by atoms with Crippen LogP contribution in [0, 0.1) is 0 Å². The SMILES string of the molecule is C=CCC1C=C(C2=CC=CC2)c2ccccc21. The van der Waals surface area contributed by atoms with E-state index in [9.17, 15) is 0 Å². The third-order valence-electron chi connectivity index (χ3n) is 3.56. The molecule has 0 radical (unpaired) electrons. The molecule has 0 aliphatic heterocycles. The van der Waals surface area contributed by atoms with Crippen molar-refractivity contribution in [2.45, 2.75) is 18.8 Å². The Labute approximate surface area is 103 Å². The maximum atomic E-state index is 3.86. The van der Waals surface area contributed by atoms with E-state index in [4.69, 9.17) is 0 Å². The highest BCUT2D eigenvalue weighted by Crippen LogP contribution is 2.42. The van der Waals surface area contributed by atoms with Gasteiger partial charge in [-0.3, -0.25) is 0 Å². The maximum Gasteiger partial charge on any atom is 0.00678 e. The van der Waals surface area contributed by atoms with Crippen molar-refractivity contribution in [1.29, 1.82) is 0 Å². The van der Waals surface area contributed by atoms with Crippen LogP contribution in [0.25, 0.3) is 5.57 Å². The summed E-state index contributed by atoms with van der Waals surface area (Å²) >= 11 is 0. The van der Waals surface area contributed by atoms with E-state index in [1.165, 1.54) is 22.3 Å². The molecular formula is C17H16. The van der Waals surface area contributed by atoms with Gasteiger partial charge in [0.2, 0.25) is 0 Å². The molecule has 0 saturated heterocycles. The fourth-order valence-corrected chi connectivity index (χ4v) is 2.75. The van der Waals surface area contributed by atoms with Crippen LogP contribution >= 0.6 is 0 Å². The molecule has 0 amide bonds. The molecule has 0 heterocycles. The first kappa shape index (κ1) is 10.3. The van der Waals surface area contributed by atoms with E-state index in [1.54, 1.807) is 0 Å². The highest BCUT2D eigenvalue weighted by Gasteiger charge is 2.23. The van der Waals surface area contributed by atoms with Gasteiger partial charge in [-0.1, -0.05) is 54.6 Å². The first-order chi connectivity index (χ1) is 8.40. The second kappa shape index (κ2) is 4.21. The Kier molecular flexibility index (Phi) is 2.56. The van der Waals surface area contributed by atoms with Crippen LogP contribution < -0.4 is 0 Å². The number of allylic oxidation sites excluding steroid dienone is 7. The molecule has 1 unspecified atom stereocenters. The lowest BCUT2D eigenvalue weighted by molar-refractivity contribution is 0.881. The van der Waals surface area contributed by atoms with E-state index in [0.29, 0.717) is 5.92 Å². The summed E-state index contributed by atoms with van der Waals surface area (Å²) in [4.78, 5) is 0. The van der Waals surface area contributed by atoms with Crippen molar-refractivity contribution >= 4 is 5.57 Å². The van der Waals surface area contributed by atoms with E-state index in [-0.39, 0.29) is 0 Å². The van der Waals surface area contributed by atoms with Gasteiger partial charge in [-0.05, 0) is 35.1 Å². The number of rotatable bonds is 3. The number of fused-ring (bicyclic) bond motifs is 1. The molecule has 1 aromatic carbocycles. The zero-order chi connectivity index (χ0) is 11.7. The van der Waals surface area contributed by atoms with Crippen molar-refractivity contribution < 1.29 is 0 Å². The van der Waals surface area contributed by atoms with Gasteiger partial charge in [0.25, 0.3) is 0 Å². The number of hydrogen-bond donors (Lipinski definition) is 0. The summed E-state index contributed by atoms with van der Waals surface area (Å²) < 4.78 is 0. The molecule has 2 aliphatic rings. The first-order valence-corrected chi connectivity index (χ1v) is 6.18. The molecular weight excluding hydrogens is 204 g/mol. The minimum Gasteiger partial charge on any atom is -0.103 e. The van der Waals surface area contributed by atoms with Gasteiger partial charge in [-0.25, -0.2) is 0 Å². The van der Waals surface area contributed by atoms with Crippen LogP contribution in [0.5, 0.6) is 0 Å². The van der Waals surface area contributed by atoms with Crippen LogP contribution in [0.15, 0.2) is 66.8 Å². The molecule has 0 bridgehead atoms. The van der Waals surface area contributed by atoms with Crippen molar-refractivity contribution in [3.8, 4) is 0 Å². The zero-order valence-corrected chi connectivity index (χ0v) is 9.89. The summed E-state index contributed by atoms with van der Waals surface area (Å²) in [5.41, 5.74) is 5.74. The van der Waals surface area contributed by atoms with Gasteiger partial charge in [0.05, 0.1) is 0 Å². The molecule has 2 aliphatic carbocycles. The normalized spacial score (nSPS) is 21.1. The molecule has 1 aromatic rings. The topological polar surface area (TPSA) is 0 Å². The van der Waals surface area contributed by atoms with Gasteiger partial charge in [-0.15, -0.1) is 6.58 Å². The van der Waals surface area contributed by atoms with E-state index in [2.05, 4.69) is 55.1 Å². The molecule has 0 nitrogen and oxygen atoms in total. The highest BCUT2D eigenvalue weighted by molar-refractivity contribution is 5.86. The predicted molar refractivity (Wildman–Crippen MR) is 73.8 cm³/mol. The summed E-state index contributed by atoms with van der Waals surface area (Å²) in [5.74, 6) is 0.514. The summed E-state index contributed by atoms with van der Waals surface area (Å²) in [6.07, 6.45) is 13.1. The Hall–Kier alpha value is -1.82. The molecule has 84 valence electrons. The Bertz CT molecular complexity index is 541. The van der Waals surface area contributed by atoms with E-state index in [0.717, 1.165) is 12.8 Å². The van der Waals surface area contributed by atoms with E-state index in [1.807, 2.05) is 6.08 Å². The quantitative estimate of drug-likeness (QED) is 0.651. The van der Waals surface area contributed by atoms with Gasteiger partial charge in [0.15, 0.2) is 0 Å². The monoisotopic (exact) mass is 220 g/mol. The molecule has 0 N–H and O–H groups in total. The molecule has 0 aromatic heterocycles. The largest absolute Gasteiger partial charge is 0.103 e. The Morgan fingerprint density at radius 3 is 2.94 bits per heavy atom. The lowest BCUT2D eigenvalue weighted by atomic mass is 9.96. The minimum absolute atomic E-state index is 0.514. The van der Waals surface area contributed by atoms with E-state index >= 15 is 0 Å². The second-order valence-electron chi connectivity index (χ2n) is 4.62. The lowest BCUT2D eigenvalue weighted by Gasteiger charge is -2.08. The first-order valence-electron chi connectivity index (χ1n) is 6.18. The Balaban J connectivity index is 2.04. The summed E-state index contributed by atoms with van der Waals surface area (Å²) in [6, 6.07) is 8.75. The molecule has 1 atom stereocenters. The van der Waals surface area contributed by atoms with Crippen LogP contribution in [0.4, 0.5) is 0 Å². The number of benzene rings is 1. The fourth-order valence-electron chi connectivity index (χ4n) is 2.75. The van der Waals surface area contributed by atoms with Crippen molar-refractivity contribution in [1.82, 2.24) is 0 Å². The number of hydrogen-bond acceptors (Lipinski definition) is 0. The van der Waals surface area contributed by atoms with Crippen molar-refractivity contribution in [3.63, 3.8) is 0 Å². The van der Waals surface area contributed by atoms with Crippen molar-refractivity contribution in [2.24, 2.45) is 0 Å². The van der Waals surface area contributed by atoms with Crippen molar-refractivity contribution in [3.05, 3.63) is 77.9 Å². The van der Waals surface area contributed by atoms with Gasteiger partial charge >= 0.3 is 0 Å². The Morgan fingerprint density at radius 1 is 1.29 bits per heavy atom. The van der Waals surface area contributed by atoms with Crippen LogP contribution in [-0.4, -0.2) is 0 Å². The molecule has 0 fully saturated rings. The third kappa shape index (κ3) is 1.70. The predicted octanol–water partition coefficient (Wildman–Crippen LogP) is 4.63. The highest BCUT2D eigenvalue weighted by atomic mass is 14.3. The average molecular weight is 220 g/mol. The van der Waals surface area contributed by atoms with Crippen LogP contribution in [0.1, 0.15) is 29.9 Å². The van der Waals surface area contributed by atoms with E-state index < -0.39 is 0 Å². The smallest absolute Gasteiger partial charge is 0.00678 e. The third-order valence-corrected chi connectivity index (χ3v) is 3.56. The minimum atomic E-state index is 0.514. The lowest BCUT2D eigenvalue weighted by Crippen LogP contribution is -1.90. The summed E-state index contributed by atoms with van der Waals surface area (Å²) in [6.45, 7) is 3.86.